The molecule has 1 aromatic carbocycles. The molecular weight excluding hydrogens is 270 g/mol. The Morgan fingerprint density at radius 1 is 1.43 bits per heavy atom. The van der Waals surface area contributed by atoms with Crippen LogP contribution in [0.3, 0.4) is 0 Å². The minimum absolute atomic E-state index is 0.116. The summed E-state index contributed by atoms with van der Waals surface area (Å²) in [6.07, 6.45) is 2.25. The van der Waals surface area contributed by atoms with Crippen LogP contribution in [0.15, 0.2) is 18.2 Å². The van der Waals surface area contributed by atoms with Gasteiger partial charge in [-0.1, -0.05) is 0 Å². The third-order valence-corrected chi connectivity index (χ3v) is 4.04. The SMILES string of the molecule is CCN(CC1CCNCC1)c1ccc(OC)cc1[N+](=O)[O-]. The van der Waals surface area contributed by atoms with Gasteiger partial charge in [0.15, 0.2) is 0 Å². The van der Waals surface area contributed by atoms with E-state index < -0.39 is 0 Å². The normalized spacial score (nSPS) is 15.7. The molecule has 0 radical (unpaired) electrons. The van der Waals surface area contributed by atoms with Crippen LogP contribution in [0.5, 0.6) is 5.75 Å². The number of nitro groups is 1. The second-order valence-corrected chi connectivity index (χ2v) is 5.34. The molecule has 0 unspecified atom stereocenters. The molecule has 6 heteroatoms. The highest BCUT2D eigenvalue weighted by Gasteiger charge is 2.23. The van der Waals surface area contributed by atoms with E-state index in [1.807, 2.05) is 6.92 Å². The van der Waals surface area contributed by atoms with Crippen molar-refractivity contribution in [3.63, 3.8) is 0 Å². The van der Waals surface area contributed by atoms with Gasteiger partial charge in [0.2, 0.25) is 0 Å². The van der Waals surface area contributed by atoms with E-state index in [2.05, 4.69) is 10.2 Å². The maximum atomic E-state index is 11.3. The lowest BCUT2D eigenvalue weighted by Gasteiger charge is -2.30. The molecule has 0 bridgehead atoms. The van der Waals surface area contributed by atoms with Crippen LogP contribution in [0.2, 0.25) is 0 Å². The Morgan fingerprint density at radius 2 is 2.14 bits per heavy atom. The highest BCUT2D eigenvalue weighted by atomic mass is 16.6. The molecule has 1 N–H and O–H groups in total. The summed E-state index contributed by atoms with van der Waals surface area (Å²) < 4.78 is 5.09. The quantitative estimate of drug-likeness (QED) is 0.644. The van der Waals surface area contributed by atoms with Gasteiger partial charge in [0, 0.05) is 13.1 Å². The fourth-order valence-corrected chi connectivity index (χ4v) is 2.82. The Morgan fingerprint density at radius 3 is 2.71 bits per heavy atom. The molecule has 0 saturated carbocycles. The van der Waals surface area contributed by atoms with Gasteiger partial charge in [-0.15, -0.1) is 0 Å². The lowest BCUT2D eigenvalue weighted by atomic mass is 9.97. The summed E-state index contributed by atoms with van der Waals surface area (Å²) in [6, 6.07) is 5.08. The molecule has 1 aliphatic heterocycles. The zero-order chi connectivity index (χ0) is 15.2. The van der Waals surface area contributed by atoms with Crippen LogP contribution in [0, 0.1) is 16.0 Å². The Labute approximate surface area is 125 Å². The highest BCUT2D eigenvalue weighted by molar-refractivity contribution is 5.65. The highest BCUT2D eigenvalue weighted by Crippen LogP contribution is 2.33. The van der Waals surface area contributed by atoms with Crippen molar-refractivity contribution < 1.29 is 9.66 Å². The largest absolute Gasteiger partial charge is 0.496 e. The zero-order valence-electron chi connectivity index (χ0n) is 12.7. The Balaban J connectivity index is 2.21. The van der Waals surface area contributed by atoms with Crippen LogP contribution >= 0.6 is 0 Å². The number of benzene rings is 1. The molecule has 0 aliphatic carbocycles. The van der Waals surface area contributed by atoms with E-state index in [1.54, 1.807) is 12.1 Å². The van der Waals surface area contributed by atoms with E-state index in [9.17, 15) is 10.1 Å². The number of ether oxygens (including phenoxy) is 1. The van der Waals surface area contributed by atoms with E-state index >= 15 is 0 Å². The third kappa shape index (κ3) is 3.85. The summed E-state index contributed by atoms with van der Waals surface area (Å²) in [4.78, 5) is 13.1. The van der Waals surface area contributed by atoms with Gasteiger partial charge < -0.3 is 15.0 Å². The van der Waals surface area contributed by atoms with Crippen LogP contribution in [-0.4, -0.2) is 38.2 Å². The van der Waals surface area contributed by atoms with Crippen molar-refractivity contribution in [2.75, 3.05) is 38.2 Å². The monoisotopic (exact) mass is 293 g/mol. The lowest BCUT2D eigenvalue weighted by molar-refractivity contribution is -0.384. The number of anilines is 1. The summed E-state index contributed by atoms with van der Waals surface area (Å²) >= 11 is 0. The molecule has 1 fully saturated rings. The first kappa shape index (κ1) is 15.6. The molecule has 6 nitrogen and oxygen atoms in total. The first-order valence-electron chi connectivity index (χ1n) is 7.43. The van der Waals surface area contributed by atoms with E-state index in [0.717, 1.165) is 39.0 Å². The lowest BCUT2D eigenvalue weighted by Crippen LogP contribution is -2.36. The summed E-state index contributed by atoms with van der Waals surface area (Å²) in [5.41, 5.74) is 0.798. The smallest absolute Gasteiger partial charge is 0.296 e. The van der Waals surface area contributed by atoms with Gasteiger partial charge in [-0.3, -0.25) is 10.1 Å². The second-order valence-electron chi connectivity index (χ2n) is 5.34. The fourth-order valence-electron chi connectivity index (χ4n) is 2.82. The molecule has 0 amide bonds. The molecule has 0 atom stereocenters. The average Bonchev–Trinajstić information content (AvgIpc) is 2.53. The number of nitrogens with zero attached hydrogens (tertiary/aromatic N) is 2. The second kappa shape index (κ2) is 7.26. The molecule has 1 aliphatic rings. The zero-order valence-corrected chi connectivity index (χ0v) is 12.7. The molecule has 1 aromatic rings. The summed E-state index contributed by atoms with van der Waals surface area (Å²) in [5.74, 6) is 1.11. The molecule has 0 aromatic heterocycles. The number of methoxy groups -OCH3 is 1. The van der Waals surface area contributed by atoms with Crippen molar-refractivity contribution in [1.82, 2.24) is 5.32 Å². The number of rotatable bonds is 6. The van der Waals surface area contributed by atoms with Crippen molar-refractivity contribution in [3.8, 4) is 5.75 Å². The van der Waals surface area contributed by atoms with Crippen LogP contribution in [0.4, 0.5) is 11.4 Å². The topological polar surface area (TPSA) is 67.6 Å². The van der Waals surface area contributed by atoms with E-state index in [4.69, 9.17) is 4.74 Å². The van der Waals surface area contributed by atoms with Crippen molar-refractivity contribution in [2.24, 2.45) is 5.92 Å². The van der Waals surface area contributed by atoms with E-state index in [0.29, 0.717) is 17.4 Å². The molecule has 1 saturated heterocycles. The Hall–Kier alpha value is -1.82. The Bertz CT molecular complexity index is 487. The number of nitro benzene ring substituents is 1. The summed E-state index contributed by atoms with van der Waals surface area (Å²) in [7, 11) is 1.52. The van der Waals surface area contributed by atoms with Gasteiger partial charge in [0.1, 0.15) is 11.4 Å². The molecule has 1 heterocycles. The van der Waals surface area contributed by atoms with Gasteiger partial charge in [0.25, 0.3) is 5.69 Å². The maximum Gasteiger partial charge on any atom is 0.296 e. The van der Waals surface area contributed by atoms with Gasteiger partial charge >= 0.3 is 0 Å². The third-order valence-electron chi connectivity index (χ3n) is 4.04. The van der Waals surface area contributed by atoms with Crippen LogP contribution in [0.1, 0.15) is 19.8 Å². The molecule has 0 spiro atoms. The van der Waals surface area contributed by atoms with Gasteiger partial charge in [-0.25, -0.2) is 0 Å². The van der Waals surface area contributed by atoms with Gasteiger partial charge in [-0.05, 0) is 50.9 Å². The van der Waals surface area contributed by atoms with Crippen molar-refractivity contribution >= 4 is 11.4 Å². The predicted octanol–water partition coefficient (Wildman–Crippen LogP) is 2.43. The molecule has 116 valence electrons. The van der Waals surface area contributed by atoms with Crippen LogP contribution in [0.25, 0.3) is 0 Å². The van der Waals surface area contributed by atoms with Crippen LogP contribution < -0.4 is 15.0 Å². The van der Waals surface area contributed by atoms with Crippen molar-refractivity contribution in [1.29, 1.82) is 0 Å². The van der Waals surface area contributed by atoms with Crippen molar-refractivity contribution in [3.05, 3.63) is 28.3 Å². The summed E-state index contributed by atoms with van der Waals surface area (Å²) in [5, 5.41) is 14.7. The molecular formula is C15H23N3O3. The van der Waals surface area contributed by atoms with Crippen LogP contribution in [-0.2, 0) is 0 Å². The molecule has 2 rings (SSSR count). The van der Waals surface area contributed by atoms with Gasteiger partial charge in [0.05, 0.1) is 18.1 Å². The maximum absolute atomic E-state index is 11.3. The Kier molecular flexibility index (Phi) is 5.38. The predicted molar refractivity (Wildman–Crippen MR) is 83.1 cm³/mol. The van der Waals surface area contributed by atoms with Gasteiger partial charge in [-0.2, -0.15) is 0 Å². The standard InChI is InChI=1S/C15H23N3O3/c1-3-17(11-12-6-8-16-9-7-12)14-5-4-13(21-2)10-15(14)18(19)20/h4-5,10,12,16H,3,6-9,11H2,1-2H3. The number of hydrogen-bond donors (Lipinski definition) is 1. The van der Waals surface area contributed by atoms with Crippen molar-refractivity contribution in [2.45, 2.75) is 19.8 Å². The minimum Gasteiger partial charge on any atom is -0.496 e. The first-order chi connectivity index (χ1) is 10.2. The number of hydrogen-bond acceptors (Lipinski definition) is 5. The van der Waals surface area contributed by atoms with E-state index in [-0.39, 0.29) is 10.6 Å². The van der Waals surface area contributed by atoms with E-state index in [1.165, 1.54) is 13.2 Å². The minimum atomic E-state index is -0.330. The number of piperidine rings is 1. The average molecular weight is 293 g/mol. The summed E-state index contributed by atoms with van der Waals surface area (Å²) in [6.45, 7) is 5.73. The first-order valence-corrected chi connectivity index (χ1v) is 7.43. The number of nitrogens with one attached hydrogen (secondary N) is 1. The molecule has 21 heavy (non-hydrogen) atoms. The fraction of sp³-hybridized carbons (Fsp3) is 0.600.